The number of hydrogen-bond acceptors (Lipinski definition) is 3. The van der Waals surface area contributed by atoms with Gasteiger partial charge in [-0.2, -0.15) is 13.2 Å². The standard InChI is InChI=1S/C23H25F3N2O3S/c1-2-22(29)28-11-3-4-16-12-17-13-19(8-5-15(17)14-21(16)28)27-32(30,31)20-9-6-18(7-10-20)23(24,25)26/h5-10,13,16,21,27H,2-4,11-12,14H2,1H3. The van der Waals surface area contributed by atoms with Crippen molar-refractivity contribution < 1.29 is 26.4 Å². The van der Waals surface area contributed by atoms with E-state index in [0.717, 1.165) is 67.6 Å². The van der Waals surface area contributed by atoms with Crippen molar-refractivity contribution >= 4 is 21.6 Å². The number of rotatable bonds is 4. The van der Waals surface area contributed by atoms with Crippen LogP contribution in [0, 0.1) is 5.92 Å². The molecule has 1 aliphatic heterocycles. The first-order valence-corrected chi connectivity index (χ1v) is 12.2. The molecule has 1 heterocycles. The van der Waals surface area contributed by atoms with Crippen LogP contribution in [-0.2, 0) is 33.8 Å². The summed E-state index contributed by atoms with van der Waals surface area (Å²) in [6.45, 7) is 2.66. The summed E-state index contributed by atoms with van der Waals surface area (Å²) in [7, 11) is -4.02. The summed E-state index contributed by atoms with van der Waals surface area (Å²) < 4.78 is 66.1. The molecule has 1 amide bonds. The molecule has 0 saturated carbocycles. The number of fused-ring (bicyclic) bond motifs is 2. The summed E-state index contributed by atoms with van der Waals surface area (Å²) in [5, 5.41) is 0. The zero-order chi connectivity index (χ0) is 23.1. The Morgan fingerprint density at radius 3 is 2.47 bits per heavy atom. The molecule has 5 nitrogen and oxygen atoms in total. The first-order chi connectivity index (χ1) is 15.1. The molecule has 1 fully saturated rings. The van der Waals surface area contributed by atoms with Gasteiger partial charge in [0.2, 0.25) is 5.91 Å². The molecule has 0 bridgehead atoms. The van der Waals surface area contributed by atoms with E-state index in [1.807, 2.05) is 17.9 Å². The number of halogens is 3. The highest BCUT2D eigenvalue weighted by Crippen LogP contribution is 2.37. The summed E-state index contributed by atoms with van der Waals surface area (Å²) >= 11 is 0. The third kappa shape index (κ3) is 4.48. The van der Waals surface area contributed by atoms with Crippen LogP contribution in [0.3, 0.4) is 0 Å². The lowest BCUT2D eigenvalue weighted by molar-refractivity contribution is -0.138. The van der Waals surface area contributed by atoms with Gasteiger partial charge in [-0.1, -0.05) is 13.0 Å². The van der Waals surface area contributed by atoms with E-state index < -0.39 is 21.8 Å². The molecule has 172 valence electrons. The van der Waals surface area contributed by atoms with E-state index in [1.54, 1.807) is 12.1 Å². The van der Waals surface area contributed by atoms with Crippen LogP contribution in [0.4, 0.5) is 18.9 Å². The molecular formula is C23H25F3N2O3S. The van der Waals surface area contributed by atoms with Crippen LogP contribution in [0.5, 0.6) is 0 Å². The van der Waals surface area contributed by atoms with Crippen molar-refractivity contribution in [2.24, 2.45) is 5.92 Å². The van der Waals surface area contributed by atoms with E-state index in [4.69, 9.17) is 0 Å². The number of carbonyl (C=O) groups excluding carboxylic acids is 1. The Morgan fingerprint density at radius 1 is 1.09 bits per heavy atom. The van der Waals surface area contributed by atoms with E-state index >= 15 is 0 Å². The molecule has 2 aromatic rings. The lowest BCUT2D eigenvalue weighted by atomic mass is 9.75. The maximum Gasteiger partial charge on any atom is 0.416 e. The second-order valence-electron chi connectivity index (χ2n) is 8.43. The minimum absolute atomic E-state index is 0.170. The van der Waals surface area contributed by atoms with Crippen molar-refractivity contribution in [1.29, 1.82) is 0 Å². The molecule has 4 rings (SSSR count). The Balaban J connectivity index is 1.53. The van der Waals surface area contributed by atoms with E-state index in [9.17, 15) is 26.4 Å². The smallest absolute Gasteiger partial charge is 0.339 e. The van der Waals surface area contributed by atoms with Crippen molar-refractivity contribution in [1.82, 2.24) is 4.90 Å². The molecule has 1 aliphatic carbocycles. The van der Waals surface area contributed by atoms with Gasteiger partial charge in [0.1, 0.15) is 0 Å². The van der Waals surface area contributed by atoms with E-state index in [2.05, 4.69) is 4.72 Å². The maximum atomic E-state index is 12.7. The average molecular weight is 467 g/mol. The topological polar surface area (TPSA) is 66.5 Å². The van der Waals surface area contributed by atoms with E-state index in [-0.39, 0.29) is 16.8 Å². The highest BCUT2D eigenvalue weighted by Gasteiger charge is 2.37. The number of anilines is 1. The Labute approximate surface area is 185 Å². The van der Waals surface area contributed by atoms with Crippen LogP contribution in [0.15, 0.2) is 47.4 Å². The fourth-order valence-electron chi connectivity index (χ4n) is 4.79. The number of benzene rings is 2. The zero-order valence-corrected chi connectivity index (χ0v) is 18.5. The van der Waals surface area contributed by atoms with Gasteiger partial charge >= 0.3 is 6.18 Å². The monoisotopic (exact) mass is 466 g/mol. The van der Waals surface area contributed by atoms with Gasteiger partial charge in [0, 0.05) is 24.7 Å². The van der Waals surface area contributed by atoms with Gasteiger partial charge in [0.25, 0.3) is 10.0 Å². The molecule has 32 heavy (non-hydrogen) atoms. The largest absolute Gasteiger partial charge is 0.416 e. The van der Waals surface area contributed by atoms with Gasteiger partial charge in [0.05, 0.1) is 10.5 Å². The Hall–Kier alpha value is -2.55. The van der Waals surface area contributed by atoms with Crippen LogP contribution >= 0.6 is 0 Å². The van der Waals surface area contributed by atoms with Crippen LogP contribution in [0.25, 0.3) is 0 Å². The molecule has 1 N–H and O–H groups in total. The van der Waals surface area contributed by atoms with E-state index in [1.165, 1.54) is 0 Å². The fraction of sp³-hybridized carbons (Fsp3) is 0.435. The van der Waals surface area contributed by atoms with Gasteiger partial charge in [-0.3, -0.25) is 9.52 Å². The number of nitrogens with zero attached hydrogens (tertiary/aromatic N) is 1. The van der Waals surface area contributed by atoms with Crippen LogP contribution in [-0.4, -0.2) is 31.8 Å². The predicted octanol–water partition coefficient (Wildman–Crippen LogP) is 4.62. The lowest BCUT2D eigenvalue weighted by Gasteiger charge is -2.44. The minimum atomic E-state index is -4.53. The Kier molecular flexibility index (Phi) is 5.96. The van der Waals surface area contributed by atoms with Crippen LogP contribution < -0.4 is 4.72 Å². The summed E-state index contributed by atoms with van der Waals surface area (Å²) in [4.78, 5) is 14.1. The third-order valence-corrected chi connectivity index (χ3v) is 7.80. The second-order valence-corrected chi connectivity index (χ2v) is 10.1. The molecule has 2 unspecified atom stereocenters. The zero-order valence-electron chi connectivity index (χ0n) is 17.7. The Morgan fingerprint density at radius 2 is 1.81 bits per heavy atom. The normalized spacial score (nSPS) is 20.9. The molecule has 2 aromatic carbocycles. The summed E-state index contributed by atoms with van der Waals surface area (Å²) in [6.07, 6.45) is -0.536. The molecule has 9 heteroatoms. The second kappa shape index (κ2) is 8.42. The number of piperidine rings is 1. The highest BCUT2D eigenvalue weighted by atomic mass is 32.2. The first kappa shape index (κ1) is 22.6. The van der Waals surface area contributed by atoms with Gasteiger partial charge < -0.3 is 4.90 Å². The quantitative estimate of drug-likeness (QED) is 0.715. The molecule has 2 aliphatic rings. The van der Waals surface area contributed by atoms with Gasteiger partial charge in [-0.05, 0) is 79.1 Å². The predicted molar refractivity (Wildman–Crippen MR) is 115 cm³/mol. The molecule has 2 atom stereocenters. The van der Waals surface area contributed by atoms with Crippen molar-refractivity contribution in [2.75, 3.05) is 11.3 Å². The number of sulfonamides is 1. The Bertz CT molecular complexity index is 1110. The lowest BCUT2D eigenvalue weighted by Crippen LogP contribution is -2.51. The molecule has 0 aromatic heterocycles. The average Bonchev–Trinajstić information content (AvgIpc) is 2.76. The maximum absolute atomic E-state index is 12.7. The third-order valence-electron chi connectivity index (χ3n) is 6.40. The van der Waals surface area contributed by atoms with Crippen molar-refractivity contribution in [3.63, 3.8) is 0 Å². The highest BCUT2D eigenvalue weighted by molar-refractivity contribution is 7.92. The minimum Gasteiger partial charge on any atom is -0.339 e. The number of alkyl halides is 3. The fourth-order valence-corrected chi connectivity index (χ4v) is 5.84. The van der Waals surface area contributed by atoms with Crippen LogP contribution in [0.1, 0.15) is 42.9 Å². The number of amides is 1. The summed E-state index contributed by atoms with van der Waals surface area (Å²) in [6, 6.07) is 8.94. The molecule has 1 saturated heterocycles. The van der Waals surface area contributed by atoms with E-state index in [0.29, 0.717) is 18.0 Å². The molecule has 0 radical (unpaired) electrons. The summed E-state index contributed by atoms with van der Waals surface area (Å²) in [5.41, 5.74) is 1.62. The number of likely N-dealkylation sites (tertiary alicyclic amines) is 1. The number of nitrogens with one attached hydrogen (secondary N) is 1. The van der Waals surface area contributed by atoms with Crippen molar-refractivity contribution in [3.05, 3.63) is 59.2 Å². The van der Waals surface area contributed by atoms with Gasteiger partial charge in [-0.25, -0.2) is 8.42 Å². The summed E-state index contributed by atoms with van der Waals surface area (Å²) in [5.74, 6) is 0.512. The number of hydrogen-bond donors (Lipinski definition) is 1. The first-order valence-electron chi connectivity index (χ1n) is 10.7. The van der Waals surface area contributed by atoms with Gasteiger partial charge in [-0.15, -0.1) is 0 Å². The van der Waals surface area contributed by atoms with Gasteiger partial charge in [0.15, 0.2) is 0 Å². The molecular weight excluding hydrogens is 441 g/mol. The van der Waals surface area contributed by atoms with Crippen LogP contribution in [0.2, 0.25) is 0 Å². The van der Waals surface area contributed by atoms with Crippen molar-refractivity contribution in [2.45, 2.75) is 56.1 Å². The number of carbonyl (C=O) groups is 1. The van der Waals surface area contributed by atoms with Crippen molar-refractivity contribution in [3.8, 4) is 0 Å². The molecule has 0 spiro atoms. The SMILES string of the molecule is CCC(=O)N1CCCC2Cc3cc(NS(=O)(=O)c4ccc(C(F)(F)F)cc4)ccc3CC21.